The molecule has 1 aromatic carbocycles. The van der Waals surface area contributed by atoms with Gasteiger partial charge in [-0.1, -0.05) is 6.07 Å². The lowest BCUT2D eigenvalue weighted by molar-refractivity contribution is 0.413. The normalized spacial score (nSPS) is 10.1. The second-order valence-corrected chi connectivity index (χ2v) is 4.29. The molecular formula is C14H13N3O3. The smallest absolute Gasteiger partial charge is 0.316 e. The Labute approximate surface area is 115 Å². The first-order valence-corrected chi connectivity index (χ1v) is 5.90. The highest BCUT2D eigenvalue weighted by molar-refractivity contribution is 5.45. The van der Waals surface area contributed by atoms with Crippen LogP contribution in [0.4, 0.5) is 0 Å². The summed E-state index contributed by atoms with van der Waals surface area (Å²) in [7, 11) is 3.01. The number of nitrogens with zero attached hydrogens (tertiary/aromatic N) is 3. The first kappa shape index (κ1) is 13.6. The van der Waals surface area contributed by atoms with Crippen LogP contribution in [0.3, 0.4) is 0 Å². The van der Waals surface area contributed by atoms with E-state index in [1.807, 2.05) is 6.07 Å². The maximum absolute atomic E-state index is 11.8. The van der Waals surface area contributed by atoms with Crippen LogP contribution in [-0.2, 0) is 13.6 Å². The van der Waals surface area contributed by atoms with Crippen LogP contribution in [0.2, 0.25) is 0 Å². The van der Waals surface area contributed by atoms with Crippen LogP contribution in [0.25, 0.3) is 0 Å². The zero-order valence-corrected chi connectivity index (χ0v) is 11.2. The summed E-state index contributed by atoms with van der Waals surface area (Å²) in [5, 5.41) is 9.02. The molecule has 1 aromatic heterocycles. The number of hydrogen-bond donors (Lipinski definition) is 0. The van der Waals surface area contributed by atoms with E-state index in [2.05, 4.69) is 0 Å². The van der Waals surface area contributed by atoms with E-state index in [0.717, 1.165) is 5.56 Å². The average Bonchev–Trinajstić information content (AvgIpc) is 2.47. The molecular weight excluding hydrogens is 258 g/mol. The van der Waals surface area contributed by atoms with Gasteiger partial charge in [-0.15, -0.1) is 0 Å². The van der Waals surface area contributed by atoms with Crippen LogP contribution in [0.5, 0.6) is 5.75 Å². The summed E-state index contributed by atoms with van der Waals surface area (Å²) in [6.45, 7) is 0.230. The van der Waals surface area contributed by atoms with Gasteiger partial charge in [0, 0.05) is 19.4 Å². The molecule has 0 fully saturated rings. The predicted octanol–water partition coefficient (Wildman–Crippen LogP) is 0.476. The largest absolute Gasteiger partial charge is 0.495 e. The molecule has 0 unspecified atom stereocenters. The molecule has 0 aliphatic heterocycles. The van der Waals surface area contributed by atoms with Gasteiger partial charge >= 0.3 is 11.1 Å². The maximum Gasteiger partial charge on any atom is 0.316 e. The monoisotopic (exact) mass is 271 g/mol. The van der Waals surface area contributed by atoms with Crippen molar-refractivity contribution in [2.24, 2.45) is 7.05 Å². The van der Waals surface area contributed by atoms with E-state index in [4.69, 9.17) is 10.00 Å². The summed E-state index contributed by atoms with van der Waals surface area (Å²) in [5.41, 5.74) is -0.0366. The van der Waals surface area contributed by atoms with Gasteiger partial charge in [0.25, 0.3) is 0 Å². The molecule has 2 aromatic rings. The quantitative estimate of drug-likeness (QED) is 0.761. The first-order chi connectivity index (χ1) is 9.56. The Kier molecular flexibility index (Phi) is 3.71. The van der Waals surface area contributed by atoms with Gasteiger partial charge in [0.2, 0.25) is 0 Å². The lowest BCUT2D eigenvalue weighted by atomic mass is 10.1. The van der Waals surface area contributed by atoms with Crippen LogP contribution in [-0.4, -0.2) is 16.2 Å². The Balaban J connectivity index is 2.41. The van der Waals surface area contributed by atoms with Crippen molar-refractivity contribution < 1.29 is 4.74 Å². The highest BCUT2D eigenvalue weighted by atomic mass is 16.5. The molecule has 6 heteroatoms. The highest BCUT2D eigenvalue weighted by Crippen LogP contribution is 2.18. The average molecular weight is 271 g/mol. The number of hydrogen-bond acceptors (Lipinski definition) is 4. The van der Waals surface area contributed by atoms with Crippen molar-refractivity contribution in [3.8, 4) is 11.8 Å². The fourth-order valence-corrected chi connectivity index (χ4v) is 1.85. The minimum Gasteiger partial charge on any atom is -0.495 e. The third-order valence-corrected chi connectivity index (χ3v) is 2.97. The van der Waals surface area contributed by atoms with E-state index in [1.54, 1.807) is 24.4 Å². The van der Waals surface area contributed by atoms with E-state index in [9.17, 15) is 9.59 Å². The molecule has 1 heterocycles. The predicted molar refractivity (Wildman–Crippen MR) is 72.8 cm³/mol. The fourth-order valence-electron chi connectivity index (χ4n) is 1.85. The SMILES string of the molecule is COc1ccc(Cn2ccn(C)c(=O)c2=O)cc1C#N. The van der Waals surface area contributed by atoms with Gasteiger partial charge in [-0.25, -0.2) is 0 Å². The van der Waals surface area contributed by atoms with Gasteiger partial charge in [0.05, 0.1) is 19.2 Å². The van der Waals surface area contributed by atoms with Crippen molar-refractivity contribution in [2.75, 3.05) is 7.11 Å². The number of benzene rings is 1. The Morgan fingerprint density at radius 1 is 1.25 bits per heavy atom. The molecule has 0 radical (unpaired) electrons. The Morgan fingerprint density at radius 2 is 2.00 bits per heavy atom. The van der Waals surface area contributed by atoms with Gasteiger partial charge in [0.15, 0.2) is 0 Å². The third-order valence-electron chi connectivity index (χ3n) is 2.97. The number of nitriles is 1. The molecule has 0 aliphatic carbocycles. The van der Waals surface area contributed by atoms with Crippen molar-refractivity contribution >= 4 is 0 Å². The van der Waals surface area contributed by atoms with Crippen LogP contribution < -0.4 is 15.9 Å². The molecule has 0 N–H and O–H groups in total. The number of methoxy groups -OCH3 is 1. The summed E-state index contributed by atoms with van der Waals surface area (Å²) in [6.07, 6.45) is 3.07. The number of aryl methyl sites for hydroxylation is 1. The molecule has 0 amide bonds. The Hall–Kier alpha value is -2.81. The zero-order chi connectivity index (χ0) is 14.7. The summed E-state index contributed by atoms with van der Waals surface area (Å²) < 4.78 is 7.60. The van der Waals surface area contributed by atoms with Crippen molar-refractivity contribution in [1.29, 1.82) is 5.26 Å². The minimum absolute atomic E-state index is 0.230. The van der Waals surface area contributed by atoms with Gasteiger partial charge in [-0.2, -0.15) is 5.26 Å². The molecule has 20 heavy (non-hydrogen) atoms. The Bertz CT molecular complexity index is 797. The van der Waals surface area contributed by atoms with E-state index in [-0.39, 0.29) is 6.54 Å². The van der Waals surface area contributed by atoms with E-state index in [1.165, 1.54) is 29.5 Å². The second kappa shape index (κ2) is 5.45. The number of ether oxygens (including phenoxy) is 1. The van der Waals surface area contributed by atoms with Gasteiger partial charge in [-0.05, 0) is 17.7 Å². The minimum atomic E-state index is -0.593. The van der Waals surface area contributed by atoms with E-state index < -0.39 is 11.1 Å². The van der Waals surface area contributed by atoms with Gasteiger partial charge in [0.1, 0.15) is 11.8 Å². The first-order valence-electron chi connectivity index (χ1n) is 5.90. The summed E-state index contributed by atoms with van der Waals surface area (Å²) in [5.74, 6) is 0.479. The second-order valence-electron chi connectivity index (χ2n) is 4.29. The molecule has 0 spiro atoms. The van der Waals surface area contributed by atoms with Crippen LogP contribution in [0.1, 0.15) is 11.1 Å². The van der Waals surface area contributed by atoms with Crippen molar-refractivity contribution in [2.45, 2.75) is 6.54 Å². The molecule has 6 nitrogen and oxygen atoms in total. The topological polar surface area (TPSA) is 77.0 Å². The molecule has 102 valence electrons. The summed E-state index contributed by atoms with van der Waals surface area (Å²) in [4.78, 5) is 23.4. The molecule has 0 atom stereocenters. The maximum atomic E-state index is 11.8. The highest BCUT2D eigenvalue weighted by Gasteiger charge is 2.06. The lowest BCUT2D eigenvalue weighted by Gasteiger charge is -2.08. The van der Waals surface area contributed by atoms with Gasteiger partial charge < -0.3 is 13.9 Å². The van der Waals surface area contributed by atoms with Crippen LogP contribution in [0, 0.1) is 11.3 Å². The molecule has 0 aliphatic rings. The fraction of sp³-hybridized carbons (Fsp3) is 0.214. The molecule has 0 bridgehead atoms. The third kappa shape index (κ3) is 2.47. The summed E-state index contributed by atoms with van der Waals surface area (Å²) >= 11 is 0. The van der Waals surface area contributed by atoms with Crippen molar-refractivity contribution in [1.82, 2.24) is 9.13 Å². The standard InChI is InChI=1S/C14H13N3O3/c1-16-5-6-17(14(19)13(16)18)9-10-3-4-12(20-2)11(7-10)8-15/h3-7H,9H2,1-2H3. The summed E-state index contributed by atoms with van der Waals surface area (Å²) in [6, 6.07) is 7.09. The number of aromatic nitrogens is 2. The zero-order valence-electron chi connectivity index (χ0n) is 11.2. The van der Waals surface area contributed by atoms with E-state index in [0.29, 0.717) is 11.3 Å². The van der Waals surface area contributed by atoms with Crippen molar-refractivity contribution in [3.05, 3.63) is 62.4 Å². The molecule has 0 saturated carbocycles. The van der Waals surface area contributed by atoms with Gasteiger partial charge in [-0.3, -0.25) is 9.59 Å². The molecule has 2 rings (SSSR count). The molecule has 0 saturated heterocycles. The van der Waals surface area contributed by atoms with Crippen molar-refractivity contribution in [3.63, 3.8) is 0 Å². The number of rotatable bonds is 3. The Morgan fingerprint density at radius 3 is 2.65 bits per heavy atom. The van der Waals surface area contributed by atoms with E-state index >= 15 is 0 Å². The lowest BCUT2D eigenvalue weighted by Crippen LogP contribution is -2.39. The van der Waals surface area contributed by atoms with Crippen LogP contribution in [0.15, 0.2) is 40.2 Å². The van der Waals surface area contributed by atoms with Crippen LogP contribution >= 0.6 is 0 Å².